The summed E-state index contributed by atoms with van der Waals surface area (Å²) in [7, 11) is 3.75. The van der Waals surface area contributed by atoms with Crippen molar-refractivity contribution in [1.29, 1.82) is 0 Å². The number of halogens is 1. The van der Waals surface area contributed by atoms with Crippen LogP contribution in [-0.2, 0) is 11.2 Å². The number of rotatable bonds is 5. The second-order valence-electron chi connectivity index (χ2n) is 5.20. The molecule has 4 heteroatoms. The molecule has 0 bridgehead atoms. The van der Waals surface area contributed by atoms with Crippen LogP contribution in [0.4, 0.5) is 0 Å². The van der Waals surface area contributed by atoms with E-state index in [9.17, 15) is 0 Å². The highest BCUT2D eigenvalue weighted by Gasteiger charge is 2.29. The zero-order chi connectivity index (χ0) is 13.8. The fourth-order valence-electron chi connectivity index (χ4n) is 2.78. The number of ether oxygens (including phenoxy) is 2. The summed E-state index contributed by atoms with van der Waals surface area (Å²) < 4.78 is 12.2. The minimum Gasteiger partial charge on any atom is -0.496 e. The third kappa shape index (κ3) is 3.71. The molecule has 1 saturated heterocycles. The highest BCUT2D eigenvalue weighted by atomic mass is 79.9. The van der Waals surface area contributed by atoms with Crippen molar-refractivity contribution in [2.24, 2.45) is 5.92 Å². The van der Waals surface area contributed by atoms with Crippen molar-refractivity contribution in [2.75, 3.05) is 20.8 Å². The van der Waals surface area contributed by atoms with Gasteiger partial charge in [-0.3, -0.25) is 0 Å². The van der Waals surface area contributed by atoms with Crippen molar-refractivity contribution in [2.45, 2.75) is 31.9 Å². The van der Waals surface area contributed by atoms with Crippen LogP contribution in [0, 0.1) is 5.92 Å². The van der Waals surface area contributed by atoms with E-state index in [-0.39, 0.29) is 0 Å². The lowest BCUT2D eigenvalue weighted by Gasteiger charge is -2.23. The molecule has 0 aromatic heterocycles. The zero-order valence-electron chi connectivity index (χ0n) is 11.8. The van der Waals surface area contributed by atoms with Crippen LogP contribution in [0.25, 0.3) is 0 Å². The molecule has 0 amide bonds. The molecule has 0 aliphatic carbocycles. The number of likely N-dealkylation sites (N-methyl/N-ethyl adjacent to an activating group) is 1. The van der Waals surface area contributed by atoms with E-state index in [1.165, 1.54) is 5.56 Å². The predicted octanol–water partition coefficient (Wildman–Crippen LogP) is 3.01. The lowest BCUT2D eigenvalue weighted by molar-refractivity contribution is 0.117. The molecule has 1 heterocycles. The van der Waals surface area contributed by atoms with Gasteiger partial charge in [-0.15, -0.1) is 0 Å². The summed E-state index contributed by atoms with van der Waals surface area (Å²) in [5, 5.41) is 3.43. The third-order valence-electron chi connectivity index (χ3n) is 3.85. The molecule has 3 atom stereocenters. The average Bonchev–Trinajstić information content (AvgIpc) is 2.82. The lowest BCUT2D eigenvalue weighted by Crippen LogP contribution is -2.36. The quantitative estimate of drug-likeness (QED) is 0.901. The van der Waals surface area contributed by atoms with E-state index in [2.05, 4.69) is 34.2 Å². The molecule has 1 N–H and O–H groups in total. The van der Waals surface area contributed by atoms with E-state index in [0.717, 1.165) is 29.7 Å². The number of hydrogen-bond acceptors (Lipinski definition) is 3. The van der Waals surface area contributed by atoms with Gasteiger partial charge in [-0.05, 0) is 50.6 Å². The van der Waals surface area contributed by atoms with Gasteiger partial charge in [0.2, 0.25) is 0 Å². The molecule has 0 radical (unpaired) electrons. The molecule has 1 aliphatic heterocycles. The first-order valence-corrected chi connectivity index (χ1v) is 7.54. The molecule has 106 valence electrons. The first-order valence-electron chi connectivity index (χ1n) is 6.75. The molecule has 0 spiro atoms. The summed E-state index contributed by atoms with van der Waals surface area (Å²) in [6.07, 6.45) is 2.46. The van der Waals surface area contributed by atoms with Gasteiger partial charge in [0.1, 0.15) is 5.75 Å². The summed E-state index contributed by atoms with van der Waals surface area (Å²) in [6.45, 7) is 3.00. The minimum atomic E-state index is 0.380. The van der Waals surface area contributed by atoms with Crippen molar-refractivity contribution in [1.82, 2.24) is 5.32 Å². The molecule has 1 fully saturated rings. The second-order valence-corrected chi connectivity index (χ2v) is 6.11. The topological polar surface area (TPSA) is 30.5 Å². The molecular weight excluding hydrogens is 306 g/mol. The Kier molecular flexibility index (Phi) is 5.25. The van der Waals surface area contributed by atoms with E-state index in [1.54, 1.807) is 7.11 Å². The number of nitrogens with one attached hydrogen (secondary N) is 1. The lowest BCUT2D eigenvalue weighted by atomic mass is 9.91. The Morgan fingerprint density at radius 3 is 2.89 bits per heavy atom. The summed E-state index contributed by atoms with van der Waals surface area (Å²) in [4.78, 5) is 0. The monoisotopic (exact) mass is 327 g/mol. The first-order chi connectivity index (χ1) is 9.13. The molecule has 2 rings (SSSR count). The van der Waals surface area contributed by atoms with E-state index < -0.39 is 0 Å². The second kappa shape index (κ2) is 6.73. The zero-order valence-corrected chi connectivity index (χ0v) is 13.4. The van der Waals surface area contributed by atoms with Crippen molar-refractivity contribution >= 4 is 15.9 Å². The first kappa shape index (κ1) is 14.8. The molecule has 3 nitrogen and oxygen atoms in total. The highest BCUT2D eigenvalue weighted by molar-refractivity contribution is 9.10. The summed E-state index contributed by atoms with van der Waals surface area (Å²) in [6, 6.07) is 6.59. The summed E-state index contributed by atoms with van der Waals surface area (Å²) in [5.41, 5.74) is 1.23. The molecule has 19 heavy (non-hydrogen) atoms. The van der Waals surface area contributed by atoms with Gasteiger partial charge in [-0.2, -0.15) is 0 Å². The van der Waals surface area contributed by atoms with Gasteiger partial charge >= 0.3 is 0 Å². The van der Waals surface area contributed by atoms with Gasteiger partial charge in [-0.25, -0.2) is 0 Å². The summed E-state index contributed by atoms with van der Waals surface area (Å²) >= 11 is 3.53. The maximum atomic E-state index is 5.69. The van der Waals surface area contributed by atoms with E-state index in [1.807, 2.05) is 19.2 Å². The Bertz CT molecular complexity index is 425. The van der Waals surface area contributed by atoms with Crippen LogP contribution in [0.1, 0.15) is 18.9 Å². The van der Waals surface area contributed by atoms with Gasteiger partial charge in [0.05, 0.1) is 19.8 Å². The molecule has 1 aromatic rings. The van der Waals surface area contributed by atoms with Crippen molar-refractivity contribution in [3.8, 4) is 5.75 Å². The smallest absolute Gasteiger partial charge is 0.122 e. The van der Waals surface area contributed by atoms with Crippen LogP contribution < -0.4 is 10.1 Å². The number of benzene rings is 1. The standard InChI is InChI=1S/C15H22BrNO2/c1-10-6-12(9-19-10)14(17-2)8-11-7-13(16)4-5-15(11)18-3/h4-5,7,10,12,14,17H,6,8-9H2,1-3H3. The molecule has 1 aliphatic rings. The minimum absolute atomic E-state index is 0.380. The molecule has 1 aromatic carbocycles. The molecular formula is C15H22BrNO2. The van der Waals surface area contributed by atoms with Crippen molar-refractivity contribution in [3.05, 3.63) is 28.2 Å². The fraction of sp³-hybridized carbons (Fsp3) is 0.600. The van der Waals surface area contributed by atoms with Gasteiger partial charge < -0.3 is 14.8 Å². The van der Waals surface area contributed by atoms with E-state index in [4.69, 9.17) is 9.47 Å². The van der Waals surface area contributed by atoms with Crippen LogP contribution in [0.3, 0.4) is 0 Å². The highest BCUT2D eigenvalue weighted by Crippen LogP contribution is 2.28. The maximum absolute atomic E-state index is 5.69. The summed E-state index contributed by atoms with van der Waals surface area (Å²) in [5.74, 6) is 1.53. The van der Waals surface area contributed by atoms with Gasteiger partial charge in [0.25, 0.3) is 0 Å². The van der Waals surface area contributed by atoms with Crippen molar-refractivity contribution in [3.63, 3.8) is 0 Å². The molecule has 3 unspecified atom stereocenters. The number of methoxy groups -OCH3 is 1. The van der Waals surface area contributed by atoms with E-state index >= 15 is 0 Å². The van der Waals surface area contributed by atoms with Gasteiger partial charge in [-0.1, -0.05) is 15.9 Å². The maximum Gasteiger partial charge on any atom is 0.122 e. The Morgan fingerprint density at radius 2 is 2.32 bits per heavy atom. The predicted molar refractivity (Wildman–Crippen MR) is 80.8 cm³/mol. The largest absolute Gasteiger partial charge is 0.496 e. The Hall–Kier alpha value is -0.580. The van der Waals surface area contributed by atoms with Gasteiger partial charge in [0, 0.05) is 16.4 Å². The van der Waals surface area contributed by atoms with Gasteiger partial charge in [0.15, 0.2) is 0 Å². The van der Waals surface area contributed by atoms with Crippen LogP contribution in [0.5, 0.6) is 5.75 Å². The van der Waals surface area contributed by atoms with Crippen LogP contribution in [0.15, 0.2) is 22.7 Å². The normalized spacial score (nSPS) is 24.4. The molecule has 0 saturated carbocycles. The van der Waals surface area contributed by atoms with Crippen molar-refractivity contribution < 1.29 is 9.47 Å². The van der Waals surface area contributed by atoms with Crippen LogP contribution in [-0.4, -0.2) is 32.9 Å². The SMILES string of the molecule is CNC(Cc1cc(Br)ccc1OC)C1COC(C)C1. The Balaban J connectivity index is 2.11. The third-order valence-corrected chi connectivity index (χ3v) is 4.34. The Labute approximate surface area is 123 Å². The van der Waals surface area contributed by atoms with E-state index in [0.29, 0.717) is 18.1 Å². The Morgan fingerprint density at radius 1 is 1.53 bits per heavy atom. The number of hydrogen-bond donors (Lipinski definition) is 1. The van der Waals surface area contributed by atoms with Crippen LogP contribution in [0.2, 0.25) is 0 Å². The van der Waals surface area contributed by atoms with Crippen LogP contribution >= 0.6 is 15.9 Å². The average molecular weight is 328 g/mol. The fourth-order valence-corrected chi connectivity index (χ4v) is 3.19.